The molecule has 0 atom stereocenters. The van der Waals surface area contributed by atoms with Crippen LogP contribution < -0.4 is 4.74 Å². The molecule has 0 aliphatic carbocycles. The van der Waals surface area contributed by atoms with E-state index in [2.05, 4.69) is 6.58 Å². The zero-order chi connectivity index (χ0) is 9.68. The average molecular weight is 178 g/mol. The van der Waals surface area contributed by atoms with E-state index in [0.29, 0.717) is 5.75 Å². The van der Waals surface area contributed by atoms with Gasteiger partial charge in [-0.3, -0.25) is 4.79 Å². The summed E-state index contributed by atoms with van der Waals surface area (Å²) in [6.07, 6.45) is 1.36. The Hall–Kier alpha value is -1.77. The van der Waals surface area contributed by atoms with Crippen LogP contribution in [0.3, 0.4) is 0 Å². The molecule has 1 aromatic carbocycles. The van der Waals surface area contributed by atoms with Crippen molar-refractivity contribution in [2.45, 2.75) is 6.42 Å². The van der Waals surface area contributed by atoms with Crippen LogP contribution in [-0.4, -0.2) is 11.1 Å². The van der Waals surface area contributed by atoms with Gasteiger partial charge in [0.25, 0.3) is 0 Å². The van der Waals surface area contributed by atoms with E-state index in [1.165, 1.54) is 6.26 Å². The monoisotopic (exact) mass is 178 g/mol. The summed E-state index contributed by atoms with van der Waals surface area (Å²) in [7, 11) is 0. The average Bonchev–Trinajstić information content (AvgIpc) is 2.08. The Morgan fingerprint density at radius 2 is 2.08 bits per heavy atom. The van der Waals surface area contributed by atoms with Crippen molar-refractivity contribution in [1.29, 1.82) is 0 Å². The summed E-state index contributed by atoms with van der Waals surface area (Å²) < 4.78 is 4.98. The largest absolute Gasteiger partial charge is 0.481 e. The van der Waals surface area contributed by atoms with Gasteiger partial charge in [-0.25, -0.2) is 0 Å². The molecule has 0 aromatic heterocycles. The predicted molar refractivity (Wildman–Crippen MR) is 48.6 cm³/mol. The highest BCUT2D eigenvalue weighted by Crippen LogP contribution is 2.12. The summed E-state index contributed by atoms with van der Waals surface area (Å²) >= 11 is 0. The van der Waals surface area contributed by atoms with Crippen LogP contribution in [0.1, 0.15) is 5.56 Å². The lowest BCUT2D eigenvalue weighted by molar-refractivity contribution is -0.136. The zero-order valence-corrected chi connectivity index (χ0v) is 7.06. The number of carboxylic acids is 1. The van der Waals surface area contributed by atoms with Crippen molar-refractivity contribution in [2.24, 2.45) is 0 Å². The third-order valence-corrected chi connectivity index (χ3v) is 1.50. The quantitative estimate of drug-likeness (QED) is 0.715. The number of carboxylic acid groups (broad SMARTS) is 1. The van der Waals surface area contributed by atoms with Crippen molar-refractivity contribution in [2.75, 3.05) is 0 Å². The van der Waals surface area contributed by atoms with E-state index in [4.69, 9.17) is 9.84 Å². The first-order valence-corrected chi connectivity index (χ1v) is 3.80. The van der Waals surface area contributed by atoms with Crippen molar-refractivity contribution in [3.05, 3.63) is 42.7 Å². The zero-order valence-electron chi connectivity index (χ0n) is 7.06. The van der Waals surface area contributed by atoms with Crippen LogP contribution in [-0.2, 0) is 11.2 Å². The molecule has 0 fully saturated rings. The molecule has 1 rings (SSSR count). The van der Waals surface area contributed by atoms with Crippen LogP contribution in [0.2, 0.25) is 0 Å². The molecule has 0 saturated heterocycles. The van der Waals surface area contributed by atoms with Gasteiger partial charge >= 0.3 is 5.97 Å². The van der Waals surface area contributed by atoms with E-state index in [9.17, 15) is 4.79 Å². The van der Waals surface area contributed by atoms with Gasteiger partial charge in [-0.2, -0.15) is 0 Å². The second-order valence-corrected chi connectivity index (χ2v) is 2.50. The van der Waals surface area contributed by atoms with Crippen molar-refractivity contribution in [3.8, 4) is 5.75 Å². The summed E-state index contributed by atoms with van der Waals surface area (Å²) in [5.41, 5.74) is 0.754. The molecule has 0 spiro atoms. The van der Waals surface area contributed by atoms with Gasteiger partial charge in [0.2, 0.25) is 0 Å². The molecule has 0 radical (unpaired) electrons. The van der Waals surface area contributed by atoms with Crippen molar-refractivity contribution < 1.29 is 14.6 Å². The second kappa shape index (κ2) is 4.30. The minimum Gasteiger partial charge on any atom is -0.481 e. The molecule has 3 nitrogen and oxygen atoms in total. The molecule has 1 aromatic rings. The lowest BCUT2D eigenvalue weighted by atomic mass is 10.1. The molecule has 13 heavy (non-hydrogen) atoms. The highest BCUT2D eigenvalue weighted by atomic mass is 16.5. The molecule has 68 valence electrons. The topological polar surface area (TPSA) is 46.5 Å². The minimum atomic E-state index is -0.836. The van der Waals surface area contributed by atoms with Gasteiger partial charge < -0.3 is 9.84 Å². The molecule has 0 bridgehead atoms. The lowest BCUT2D eigenvalue weighted by Gasteiger charge is -2.00. The molecular weight excluding hydrogens is 168 g/mol. The Morgan fingerprint density at radius 3 is 2.54 bits per heavy atom. The summed E-state index contributed by atoms with van der Waals surface area (Å²) in [5.74, 6) is -0.179. The van der Waals surface area contributed by atoms with Crippen LogP contribution in [0.15, 0.2) is 37.1 Å². The van der Waals surface area contributed by atoms with E-state index in [1.807, 2.05) is 0 Å². The minimum absolute atomic E-state index is 0.0361. The van der Waals surface area contributed by atoms with Crippen LogP contribution in [0, 0.1) is 0 Å². The molecule has 0 amide bonds. The van der Waals surface area contributed by atoms with Gasteiger partial charge in [0.1, 0.15) is 5.75 Å². The summed E-state index contributed by atoms with van der Waals surface area (Å²) in [5, 5.41) is 8.49. The second-order valence-electron chi connectivity index (χ2n) is 2.50. The van der Waals surface area contributed by atoms with Gasteiger partial charge in [0.05, 0.1) is 12.7 Å². The van der Waals surface area contributed by atoms with Gasteiger partial charge in [-0.05, 0) is 17.7 Å². The number of ether oxygens (including phenoxy) is 1. The third kappa shape index (κ3) is 2.99. The number of aliphatic carboxylic acids is 1. The maximum atomic E-state index is 10.3. The normalized spacial score (nSPS) is 9.23. The van der Waals surface area contributed by atoms with Crippen molar-refractivity contribution in [1.82, 2.24) is 0 Å². The molecule has 3 heteroatoms. The number of hydrogen-bond donors (Lipinski definition) is 1. The van der Waals surface area contributed by atoms with Gasteiger partial charge in [-0.1, -0.05) is 18.7 Å². The Balaban J connectivity index is 2.69. The van der Waals surface area contributed by atoms with E-state index in [0.717, 1.165) is 5.56 Å². The van der Waals surface area contributed by atoms with Crippen LogP contribution in [0.4, 0.5) is 0 Å². The van der Waals surface area contributed by atoms with Crippen molar-refractivity contribution in [3.63, 3.8) is 0 Å². The Kier molecular flexibility index (Phi) is 3.09. The van der Waals surface area contributed by atoms with Crippen molar-refractivity contribution >= 4 is 5.97 Å². The van der Waals surface area contributed by atoms with Gasteiger partial charge in [0, 0.05) is 0 Å². The maximum absolute atomic E-state index is 10.3. The standard InChI is InChI=1S/C10H10O3/c1-2-13-9-5-3-8(4-6-9)7-10(11)12/h2-6H,1,7H2,(H,11,12). The van der Waals surface area contributed by atoms with Crippen LogP contribution >= 0.6 is 0 Å². The maximum Gasteiger partial charge on any atom is 0.307 e. The SMILES string of the molecule is C=COc1ccc(CC(=O)O)cc1. The first kappa shape index (κ1) is 9.32. The van der Waals surface area contributed by atoms with E-state index in [1.54, 1.807) is 24.3 Å². The molecule has 0 saturated carbocycles. The highest BCUT2D eigenvalue weighted by molar-refractivity contribution is 5.70. The van der Waals surface area contributed by atoms with Crippen LogP contribution in [0.25, 0.3) is 0 Å². The van der Waals surface area contributed by atoms with E-state index in [-0.39, 0.29) is 6.42 Å². The predicted octanol–water partition coefficient (Wildman–Crippen LogP) is 1.84. The third-order valence-electron chi connectivity index (χ3n) is 1.50. The first-order chi connectivity index (χ1) is 6.22. The fourth-order valence-corrected chi connectivity index (χ4v) is 0.957. The first-order valence-electron chi connectivity index (χ1n) is 3.80. The summed E-state index contributed by atoms with van der Waals surface area (Å²) in [6.45, 7) is 3.41. The molecule has 0 unspecified atom stereocenters. The number of hydrogen-bond acceptors (Lipinski definition) is 2. The van der Waals surface area contributed by atoms with Gasteiger partial charge in [0.15, 0.2) is 0 Å². The fourth-order valence-electron chi connectivity index (χ4n) is 0.957. The smallest absolute Gasteiger partial charge is 0.307 e. The van der Waals surface area contributed by atoms with E-state index >= 15 is 0 Å². The fraction of sp³-hybridized carbons (Fsp3) is 0.100. The Labute approximate surface area is 76.3 Å². The Bertz CT molecular complexity index is 300. The summed E-state index contributed by atoms with van der Waals surface area (Å²) in [6, 6.07) is 6.85. The number of rotatable bonds is 4. The molecule has 0 aliphatic rings. The number of benzene rings is 1. The van der Waals surface area contributed by atoms with E-state index < -0.39 is 5.97 Å². The highest BCUT2D eigenvalue weighted by Gasteiger charge is 1.99. The van der Waals surface area contributed by atoms with Gasteiger partial charge in [-0.15, -0.1) is 0 Å². The lowest BCUT2D eigenvalue weighted by Crippen LogP contribution is -1.99. The molecule has 1 N–H and O–H groups in total. The Morgan fingerprint density at radius 1 is 1.46 bits per heavy atom. The molecular formula is C10H10O3. The number of carbonyl (C=O) groups is 1. The molecule has 0 heterocycles. The van der Waals surface area contributed by atoms with Crippen LogP contribution in [0.5, 0.6) is 5.75 Å². The summed E-state index contributed by atoms with van der Waals surface area (Å²) in [4.78, 5) is 10.3. The molecule has 0 aliphatic heterocycles.